The number of thiazole rings is 1. The summed E-state index contributed by atoms with van der Waals surface area (Å²) in [6, 6.07) is 7.49. The molecule has 1 aliphatic carbocycles. The van der Waals surface area contributed by atoms with Gasteiger partial charge in [0.15, 0.2) is 10.8 Å². The van der Waals surface area contributed by atoms with Crippen molar-refractivity contribution in [2.75, 3.05) is 7.11 Å². The Bertz CT molecular complexity index is 1210. The Labute approximate surface area is 185 Å². The van der Waals surface area contributed by atoms with Crippen LogP contribution < -0.4 is 21.1 Å². The Hall–Kier alpha value is -3.86. The summed E-state index contributed by atoms with van der Waals surface area (Å²) in [5.74, 6) is -2.60. The van der Waals surface area contributed by atoms with Gasteiger partial charge < -0.3 is 21.1 Å². The number of carbonyl (C=O) groups is 3. The van der Waals surface area contributed by atoms with Crippen LogP contribution in [-0.2, 0) is 6.42 Å². The SMILES string of the molecule is COc1cc(C(=O)N[C@@H]2Cc3ccccc3[C@H]2NC(=O)c2csc(C(N)=O)n2)c(F)cn1. The van der Waals surface area contributed by atoms with Crippen molar-refractivity contribution in [1.82, 2.24) is 20.6 Å². The molecule has 1 aliphatic rings. The molecule has 0 radical (unpaired) electrons. The number of primary amides is 1. The van der Waals surface area contributed by atoms with Gasteiger partial charge in [-0.3, -0.25) is 14.4 Å². The maximum atomic E-state index is 14.2. The van der Waals surface area contributed by atoms with Crippen molar-refractivity contribution in [3.63, 3.8) is 0 Å². The smallest absolute Gasteiger partial charge is 0.277 e. The highest BCUT2D eigenvalue weighted by atomic mass is 32.1. The van der Waals surface area contributed by atoms with E-state index in [4.69, 9.17) is 10.5 Å². The van der Waals surface area contributed by atoms with Crippen molar-refractivity contribution >= 4 is 29.1 Å². The van der Waals surface area contributed by atoms with Crippen molar-refractivity contribution in [3.05, 3.63) is 75.1 Å². The van der Waals surface area contributed by atoms with E-state index in [-0.39, 0.29) is 22.1 Å². The van der Waals surface area contributed by atoms with Crippen LogP contribution in [0.3, 0.4) is 0 Å². The number of methoxy groups -OCH3 is 1. The largest absolute Gasteiger partial charge is 0.481 e. The van der Waals surface area contributed by atoms with Gasteiger partial charge in [0, 0.05) is 11.4 Å². The number of amides is 3. The first-order valence-corrected chi connectivity index (χ1v) is 10.4. The molecular formula is C21H18FN5O4S. The van der Waals surface area contributed by atoms with E-state index in [1.807, 2.05) is 24.3 Å². The standard InChI is InChI=1S/C21H18FN5O4S/c1-31-16-7-12(13(22)8-24-16)19(29)25-14-6-10-4-2-3-5-11(10)17(14)27-20(30)15-9-32-21(26-15)18(23)28/h2-5,7-9,14,17H,6H2,1H3,(H2,23,28)(H,25,29)(H,27,30)/t14-,17-/m1/s1. The van der Waals surface area contributed by atoms with Crippen molar-refractivity contribution < 1.29 is 23.5 Å². The van der Waals surface area contributed by atoms with Crippen molar-refractivity contribution in [3.8, 4) is 5.88 Å². The molecule has 4 rings (SSSR count). The van der Waals surface area contributed by atoms with E-state index in [9.17, 15) is 18.8 Å². The lowest BCUT2D eigenvalue weighted by Crippen LogP contribution is -2.44. The molecule has 11 heteroatoms. The third-order valence-electron chi connectivity index (χ3n) is 5.07. The number of pyridine rings is 1. The molecule has 2 heterocycles. The zero-order chi connectivity index (χ0) is 22.8. The summed E-state index contributed by atoms with van der Waals surface area (Å²) >= 11 is 0.968. The normalized spacial score (nSPS) is 16.8. The van der Waals surface area contributed by atoms with Gasteiger partial charge in [0.05, 0.1) is 31.0 Å². The quantitative estimate of drug-likeness (QED) is 0.517. The van der Waals surface area contributed by atoms with Crippen LogP contribution in [0.25, 0.3) is 0 Å². The number of nitrogens with one attached hydrogen (secondary N) is 2. The van der Waals surface area contributed by atoms with Crippen molar-refractivity contribution in [1.29, 1.82) is 0 Å². The van der Waals surface area contributed by atoms with E-state index in [0.717, 1.165) is 28.7 Å². The third kappa shape index (κ3) is 4.14. The predicted octanol–water partition coefficient (Wildman–Crippen LogP) is 1.61. The molecule has 0 fully saturated rings. The van der Waals surface area contributed by atoms with Crippen LogP contribution in [0, 0.1) is 5.82 Å². The molecule has 1 aromatic carbocycles. The lowest BCUT2D eigenvalue weighted by molar-refractivity contribution is 0.0882. The average Bonchev–Trinajstić information content (AvgIpc) is 3.40. The number of ether oxygens (including phenoxy) is 1. The van der Waals surface area contributed by atoms with Gasteiger partial charge in [0.25, 0.3) is 17.7 Å². The second-order valence-electron chi connectivity index (χ2n) is 7.04. The lowest BCUT2D eigenvalue weighted by Gasteiger charge is -2.23. The first kappa shape index (κ1) is 21.4. The van der Waals surface area contributed by atoms with Gasteiger partial charge in [-0.2, -0.15) is 0 Å². The molecule has 4 N–H and O–H groups in total. The summed E-state index contributed by atoms with van der Waals surface area (Å²) in [6.07, 6.45) is 1.34. The number of rotatable bonds is 6. The maximum Gasteiger partial charge on any atom is 0.277 e. The van der Waals surface area contributed by atoms with Crippen molar-refractivity contribution in [2.24, 2.45) is 5.73 Å². The van der Waals surface area contributed by atoms with E-state index in [1.165, 1.54) is 18.6 Å². The summed E-state index contributed by atoms with van der Waals surface area (Å²) in [7, 11) is 1.36. The van der Waals surface area contributed by atoms with E-state index < -0.39 is 35.6 Å². The number of aromatic nitrogens is 2. The number of halogens is 1. The molecule has 0 spiro atoms. The molecule has 0 saturated heterocycles. The minimum absolute atomic E-state index is 0.0222. The number of benzene rings is 1. The topological polar surface area (TPSA) is 136 Å². The number of nitrogens with zero attached hydrogens (tertiary/aromatic N) is 2. The molecule has 0 bridgehead atoms. The molecule has 9 nitrogen and oxygen atoms in total. The summed E-state index contributed by atoms with van der Waals surface area (Å²) < 4.78 is 19.2. The van der Waals surface area contributed by atoms with Gasteiger partial charge >= 0.3 is 0 Å². The van der Waals surface area contributed by atoms with E-state index in [1.54, 1.807) is 0 Å². The van der Waals surface area contributed by atoms with Crippen LogP contribution in [0.15, 0.2) is 41.9 Å². The highest BCUT2D eigenvalue weighted by molar-refractivity contribution is 7.11. The van der Waals surface area contributed by atoms with Gasteiger partial charge in [0.1, 0.15) is 5.69 Å². The van der Waals surface area contributed by atoms with Crippen LogP contribution in [0.5, 0.6) is 5.88 Å². The fourth-order valence-corrected chi connectivity index (χ4v) is 4.22. The Kier molecular flexibility index (Phi) is 5.82. The van der Waals surface area contributed by atoms with Gasteiger partial charge in [-0.25, -0.2) is 14.4 Å². The van der Waals surface area contributed by atoms with E-state index in [2.05, 4.69) is 20.6 Å². The van der Waals surface area contributed by atoms with Gasteiger partial charge in [-0.1, -0.05) is 24.3 Å². The number of carbonyl (C=O) groups excluding carboxylic acids is 3. The van der Waals surface area contributed by atoms with Crippen LogP contribution in [0.2, 0.25) is 0 Å². The first-order chi connectivity index (χ1) is 15.4. The Morgan fingerprint density at radius 3 is 2.72 bits per heavy atom. The van der Waals surface area contributed by atoms with Crippen LogP contribution in [-0.4, -0.2) is 40.8 Å². The molecule has 0 unspecified atom stereocenters. The van der Waals surface area contributed by atoms with Gasteiger partial charge in [-0.15, -0.1) is 11.3 Å². The molecule has 164 valence electrons. The van der Waals surface area contributed by atoms with E-state index >= 15 is 0 Å². The summed E-state index contributed by atoms with van der Waals surface area (Å²) in [4.78, 5) is 44.5. The van der Waals surface area contributed by atoms with Crippen LogP contribution in [0.4, 0.5) is 4.39 Å². The number of hydrogen-bond donors (Lipinski definition) is 3. The maximum absolute atomic E-state index is 14.2. The predicted molar refractivity (Wildman–Crippen MR) is 113 cm³/mol. The molecule has 0 aliphatic heterocycles. The fraction of sp³-hybridized carbons (Fsp3) is 0.190. The van der Waals surface area contributed by atoms with Crippen LogP contribution >= 0.6 is 11.3 Å². The highest BCUT2D eigenvalue weighted by Gasteiger charge is 2.35. The molecule has 3 amide bonds. The molecule has 2 aromatic heterocycles. The Morgan fingerprint density at radius 1 is 1.22 bits per heavy atom. The molecule has 3 aromatic rings. The van der Waals surface area contributed by atoms with E-state index in [0.29, 0.717) is 6.42 Å². The second kappa shape index (κ2) is 8.71. The minimum atomic E-state index is -0.791. The fourth-order valence-electron chi connectivity index (χ4n) is 3.57. The molecule has 0 saturated carbocycles. The number of nitrogens with two attached hydrogens (primary N) is 1. The van der Waals surface area contributed by atoms with Gasteiger partial charge in [0.2, 0.25) is 5.88 Å². The zero-order valence-electron chi connectivity index (χ0n) is 16.8. The lowest BCUT2D eigenvalue weighted by atomic mass is 10.1. The summed E-state index contributed by atoms with van der Waals surface area (Å²) in [5, 5.41) is 7.11. The number of hydrogen-bond acceptors (Lipinski definition) is 7. The molecule has 2 atom stereocenters. The second-order valence-corrected chi connectivity index (χ2v) is 7.90. The third-order valence-corrected chi connectivity index (χ3v) is 5.92. The van der Waals surface area contributed by atoms with Crippen molar-refractivity contribution in [2.45, 2.75) is 18.5 Å². The first-order valence-electron chi connectivity index (χ1n) is 9.51. The van der Waals surface area contributed by atoms with Gasteiger partial charge in [-0.05, 0) is 17.5 Å². The molecular weight excluding hydrogens is 437 g/mol. The average molecular weight is 455 g/mol. The Balaban J connectivity index is 1.58. The van der Waals surface area contributed by atoms with Crippen LogP contribution in [0.1, 0.15) is 47.8 Å². The molecule has 32 heavy (non-hydrogen) atoms. The monoisotopic (exact) mass is 455 g/mol. The highest BCUT2D eigenvalue weighted by Crippen LogP contribution is 2.32. The minimum Gasteiger partial charge on any atom is -0.481 e. The zero-order valence-corrected chi connectivity index (χ0v) is 17.6. The Morgan fingerprint density at radius 2 is 2.00 bits per heavy atom. The summed E-state index contributed by atoms with van der Waals surface area (Å²) in [6.45, 7) is 0. The number of fused-ring (bicyclic) bond motifs is 1. The summed E-state index contributed by atoms with van der Waals surface area (Å²) in [5.41, 5.74) is 6.79.